The third-order valence-electron chi connectivity index (χ3n) is 1.14. The quantitative estimate of drug-likeness (QED) is 0.565. The average molecular weight is 184 g/mol. The van der Waals surface area contributed by atoms with Gasteiger partial charge in [-0.05, 0) is 26.0 Å². The Hall–Kier alpha value is -1.09. The smallest absolute Gasteiger partial charge is 0.165 e. The van der Waals surface area contributed by atoms with Crippen molar-refractivity contribution in [2.45, 2.75) is 13.8 Å². The highest BCUT2D eigenvalue weighted by Gasteiger charge is 1.96. The Labute approximate surface area is 76.5 Å². The van der Waals surface area contributed by atoms with Crippen LogP contribution in [0.25, 0.3) is 0 Å². The Bertz CT molecular complexity index is 292. The minimum absolute atomic E-state index is 0.572. The van der Waals surface area contributed by atoms with Gasteiger partial charge < -0.3 is 0 Å². The monoisotopic (exact) mass is 183 g/mol. The molecule has 1 rings (SSSR count). The largest absolute Gasteiger partial charge is 0.260 e. The van der Waals surface area contributed by atoms with Crippen LogP contribution in [0.4, 0.5) is 5.82 Å². The van der Waals surface area contributed by atoms with Gasteiger partial charge in [-0.2, -0.15) is 5.10 Å². The van der Waals surface area contributed by atoms with E-state index in [0.717, 1.165) is 5.71 Å². The Morgan fingerprint density at radius 1 is 1.58 bits per heavy atom. The summed E-state index contributed by atoms with van der Waals surface area (Å²) in [5.74, 6) is 0.584. The van der Waals surface area contributed by atoms with Crippen molar-refractivity contribution in [2.24, 2.45) is 5.10 Å². The lowest BCUT2D eigenvalue weighted by atomic mass is 10.5. The number of hydrogen-bond acceptors (Lipinski definition) is 3. The van der Waals surface area contributed by atoms with Gasteiger partial charge in [-0.1, -0.05) is 11.6 Å². The Morgan fingerprint density at radius 3 is 2.92 bits per heavy atom. The molecule has 0 bridgehead atoms. The molecule has 0 aliphatic rings. The van der Waals surface area contributed by atoms with E-state index in [1.54, 1.807) is 18.3 Å². The van der Waals surface area contributed by atoms with E-state index in [4.69, 9.17) is 11.6 Å². The molecule has 0 amide bonds. The zero-order chi connectivity index (χ0) is 8.97. The van der Waals surface area contributed by atoms with Gasteiger partial charge in [0.1, 0.15) is 0 Å². The summed E-state index contributed by atoms with van der Waals surface area (Å²) in [6.45, 7) is 3.79. The summed E-state index contributed by atoms with van der Waals surface area (Å²) < 4.78 is 0. The van der Waals surface area contributed by atoms with Gasteiger partial charge >= 0.3 is 0 Å². The summed E-state index contributed by atoms with van der Waals surface area (Å²) in [5.41, 5.74) is 3.68. The molecule has 1 heterocycles. The van der Waals surface area contributed by atoms with Crippen LogP contribution in [0.15, 0.2) is 23.4 Å². The zero-order valence-corrected chi connectivity index (χ0v) is 7.76. The number of aromatic nitrogens is 1. The third-order valence-corrected chi connectivity index (χ3v) is 1.45. The molecule has 64 valence electrons. The third kappa shape index (κ3) is 2.51. The average Bonchev–Trinajstić information content (AvgIpc) is 2.03. The topological polar surface area (TPSA) is 37.3 Å². The molecular formula is C8H10ClN3. The maximum Gasteiger partial charge on any atom is 0.165 e. The minimum atomic E-state index is 0.572. The maximum atomic E-state index is 5.81. The summed E-state index contributed by atoms with van der Waals surface area (Å²) in [6, 6.07) is 3.54. The molecule has 0 aliphatic heterocycles. The molecule has 0 radical (unpaired) electrons. The normalized spacial score (nSPS) is 9.25. The van der Waals surface area contributed by atoms with E-state index in [9.17, 15) is 0 Å². The second kappa shape index (κ2) is 4.07. The van der Waals surface area contributed by atoms with Gasteiger partial charge in [0.2, 0.25) is 0 Å². The molecule has 0 saturated carbocycles. The highest BCUT2D eigenvalue weighted by atomic mass is 35.5. The van der Waals surface area contributed by atoms with Crippen LogP contribution in [0.1, 0.15) is 13.8 Å². The molecule has 0 fully saturated rings. The molecule has 0 aliphatic carbocycles. The summed E-state index contributed by atoms with van der Waals surface area (Å²) in [4.78, 5) is 4.00. The SMILES string of the molecule is CC(C)=NNc1ncccc1Cl. The van der Waals surface area contributed by atoms with Crippen molar-refractivity contribution in [3.8, 4) is 0 Å². The van der Waals surface area contributed by atoms with Crippen LogP contribution in [0.2, 0.25) is 5.02 Å². The second-order valence-corrected chi connectivity index (χ2v) is 2.91. The zero-order valence-electron chi connectivity index (χ0n) is 7.00. The predicted molar refractivity (Wildman–Crippen MR) is 51.7 cm³/mol. The van der Waals surface area contributed by atoms with Crippen LogP contribution in [0.3, 0.4) is 0 Å². The Balaban J connectivity index is 2.76. The molecule has 1 aromatic rings. The fourth-order valence-electron chi connectivity index (χ4n) is 0.633. The van der Waals surface area contributed by atoms with Gasteiger partial charge in [-0.25, -0.2) is 4.98 Å². The van der Waals surface area contributed by atoms with E-state index in [0.29, 0.717) is 10.8 Å². The summed E-state index contributed by atoms with van der Waals surface area (Å²) >= 11 is 5.81. The Kier molecular flexibility index (Phi) is 3.05. The molecule has 0 spiro atoms. The van der Waals surface area contributed by atoms with Crippen LogP contribution in [-0.2, 0) is 0 Å². The van der Waals surface area contributed by atoms with Crippen LogP contribution in [0.5, 0.6) is 0 Å². The first-order valence-electron chi connectivity index (χ1n) is 3.57. The van der Waals surface area contributed by atoms with Gasteiger partial charge in [0.25, 0.3) is 0 Å². The van der Waals surface area contributed by atoms with Crippen molar-refractivity contribution in [3.05, 3.63) is 23.4 Å². The number of anilines is 1. The second-order valence-electron chi connectivity index (χ2n) is 2.50. The van der Waals surface area contributed by atoms with Crippen molar-refractivity contribution >= 4 is 23.1 Å². The van der Waals surface area contributed by atoms with Crippen LogP contribution in [0, 0.1) is 0 Å². The summed E-state index contributed by atoms with van der Waals surface area (Å²) in [6.07, 6.45) is 1.66. The summed E-state index contributed by atoms with van der Waals surface area (Å²) in [7, 11) is 0. The summed E-state index contributed by atoms with van der Waals surface area (Å²) in [5, 5.41) is 4.55. The number of halogens is 1. The Morgan fingerprint density at radius 2 is 2.33 bits per heavy atom. The lowest BCUT2D eigenvalue weighted by molar-refractivity contribution is 1.22. The maximum absolute atomic E-state index is 5.81. The molecule has 0 atom stereocenters. The lowest BCUT2D eigenvalue weighted by Crippen LogP contribution is -1.95. The number of pyridine rings is 1. The van der Waals surface area contributed by atoms with Crippen molar-refractivity contribution in [2.75, 3.05) is 5.43 Å². The fourth-order valence-corrected chi connectivity index (χ4v) is 0.797. The van der Waals surface area contributed by atoms with Gasteiger partial charge in [0.05, 0.1) is 5.02 Å². The first-order chi connectivity index (χ1) is 5.70. The van der Waals surface area contributed by atoms with E-state index in [1.165, 1.54) is 0 Å². The van der Waals surface area contributed by atoms with Gasteiger partial charge in [-0.3, -0.25) is 5.43 Å². The first kappa shape index (κ1) is 9.00. The van der Waals surface area contributed by atoms with Crippen LogP contribution in [-0.4, -0.2) is 10.7 Å². The van der Waals surface area contributed by atoms with Gasteiger partial charge in [-0.15, -0.1) is 0 Å². The van der Waals surface area contributed by atoms with Gasteiger partial charge in [0.15, 0.2) is 5.82 Å². The highest BCUT2D eigenvalue weighted by molar-refractivity contribution is 6.32. The predicted octanol–water partition coefficient (Wildman–Crippen LogP) is 2.54. The molecule has 0 saturated heterocycles. The number of nitrogens with zero attached hydrogens (tertiary/aromatic N) is 2. The standard InChI is InChI=1S/C8H10ClN3/c1-6(2)11-12-8-7(9)4-3-5-10-8/h3-5H,1-2H3,(H,10,12). The van der Waals surface area contributed by atoms with Crippen molar-refractivity contribution < 1.29 is 0 Å². The molecule has 1 aromatic heterocycles. The van der Waals surface area contributed by atoms with E-state index in [2.05, 4.69) is 15.5 Å². The van der Waals surface area contributed by atoms with E-state index >= 15 is 0 Å². The number of rotatable bonds is 2. The lowest BCUT2D eigenvalue weighted by Gasteiger charge is -2.00. The van der Waals surface area contributed by atoms with Crippen LogP contribution < -0.4 is 5.43 Å². The molecule has 4 heteroatoms. The van der Waals surface area contributed by atoms with Crippen LogP contribution >= 0.6 is 11.6 Å². The van der Waals surface area contributed by atoms with Crippen molar-refractivity contribution in [1.29, 1.82) is 0 Å². The fraction of sp³-hybridized carbons (Fsp3) is 0.250. The number of hydrogen-bond donors (Lipinski definition) is 1. The van der Waals surface area contributed by atoms with E-state index < -0.39 is 0 Å². The highest BCUT2D eigenvalue weighted by Crippen LogP contribution is 2.16. The van der Waals surface area contributed by atoms with E-state index in [-0.39, 0.29) is 0 Å². The molecule has 12 heavy (non-hydrogen) atoms. The minimum Gasteiger partial charge on any atom is -0.260 e. The first-order valence-corrected chi connectivity index (χ1v) is 3.95. The number of nitrogens with one attached hydrogen (secondary N) is 1. The molecule has 1 N–H and O–H groups in total. The van der Waals surface area contributed by atoms with Crippen molar-refractivity contribution in [3.63, 3.8) is 0 Å². The molecule has 3 nitrogen and oxygen atoms in total. The van der Waals surface area contributed by atoms with Gasteiger partial charge in [0, 0.05) is 11.9 Å². The molecule has 0 aromatic carbocycles. The molecular weight excluding hydrogens is 174 g/mol. The number of hydrazone groups is 1. The molecule has 0 unspecified atom stereocenters. The van der Waals surface area contributed by atoms with E-state index in [1.807, 2.05) is 13.8 Å². The van der Waals surface area contributed by atoms with Crippen molar-refractivity contribution in [1.82, 2.24) is 4.98 Å².